The first kappa shape index (κ1) is 14.9. The maximum atomic E-state index is 9.90. The molecule has 1 saturated heterocycles. The maximum absolute atomic E-state index is 9.90. The highest BCUT2D eigenvalue weighted by molar-refractivity contribution is 4.94. The zero-order chi connectivity index (χ0) is 13.4. The molecule has 3 N–H and O–H groups in total. The molecule has 0 aromatic heterocycles. The van der Waals surface area contributed by atoms with Crippen molar-refractivity contribution in [3.8, 4) is 0 Å². The van der Waals surface area contributed by atoms with Crippen LogP contribution in [0.2, 0.25) is 0 Å². The smallest absolute Gasteiger partial charge is 0.186 e. The Morgan fingerprint density at radius 3 is 1.94 bits per heavy atom. The molecule has 0 radical (unpaired) electrons. The number of rotatable bonds is 2. The van der Waals surface area contributed by atoms with Gasteiger partial charge < -0.3 is 24.8 Å². The molecule has 0 aromatic rings. The van der Waals surface area contributed by atoms with E-state index in [4.69, 9.17) is 9.47 Å². The number of hydrogen-bond acceptors (Lipinski definition) is 5. The van der Waals surface area contributed by atoms with Gasteiger partial charge in [-0.25, -0.2) is 0 Å². The third-order valence-corrected chi connectivity index (χ3v) is 2.83. The minimum atomic E-state index is -1.25. The Bertz CT molecular complexity index is 248. The first-order valence-electron chi connectivity index (χ1n) is 5.99. The van der Waals surface area contributed by atoms with E-state index in [-0.39, 0.29) is 11.5 Å². The summed E-state index contributed by atoms with van der Waals surface area (Å²) in [7, 11) is 0. The van der Waals surface area contributed by atoms with Crippen molar-refractivity contribution in [3.63, 3.8) is 0 Å². The average molecular weight is 248 g/mol. The quantitative estimate of drug-likeness (QED) is 0.653. The summed E-state index contributed by atoms with van der Waals surface area (Å²) in [4.78, 5) is 0. The van der Waals surface area contributed by atoms with Gasteiger partial charge in [0, 0.05) is 0 Å². The molecule has 1 aliphatic heterocycles. The van der Waals surface area contributed by atoms with Gasteiger partial charge in [-0.1, -0.05) is 20.8 Å². The summed E-state index contributed by atoms with van der Waals surface area (Å²) in [6.45, 7) is 9.34. The summed E-state index contributed by atoms with van der Waals surface area (Å²) in [5.41, 5.74) is -0.348. The van der Waals surface area contributed by atoms with E-state index in [2.05, 4.69) is 0 Å². The molecule has 17 heavy (non-hydrogen) atoms. The SMILES string of the molecule is CC(C)OC1OC(C(C)(C)C)C(O)C(O)C1O. The Hall–Kier alpha value is -0.200. The molecule has 5 atom stereocenters. The van der Waals surface area contributed by atoms with Crippen LogP contribution in [0.5, 0.6) is 0 Å². The third kappa shape index (κ3) is 3.39. The molecule has 102 valence electrons. The Balaban J connectivity index is 2.83. The standard InChI is InChI=1S/C12H24O5/c1-6(2)16-11-9(15)7(13)8(14)10(17-11)12(3,4)5/h6-11,13-15H,1-5H3. The molecule has 1 fully saturated rings. The molecule has 5 unspecified atom stereocenters. The van der Waals surface area contributed by atoms with Crippen molar-refractivity contribution in [3.05, 3.63) is 0 Å². The van der Waals surface area contributed by atoms with Crippen LogP contribution in [0.1, 0.15) is 34.6 Å². The molecular weight excluding hydrogens is 224 g/mol. The predicted octanol–water partition coefficient (Wildman–Crippen LogP) is 0.265. The van der Waals surface area contributed by atoms with Crippen molar-refractivity contribution in [2.75, 3.05) is 0 Å². The Labute approximate surface area is 102 Å². The van der Waals surface area contributed by atoms with Crippen molar-refractivity contribution in [2.45, 2.75) is 71.4 Å². The van der Waals surface area contributed by atoms with E-state index in [1.165, 1.54) is 0 Å². The van der Waals surface area contributed by atoms with Crippen molar-refractivity contribution in [2.24, 2.45) is 5.41 Å². The van der Waals surface area contributed by atoms with Crippen LogP contribution in [-0.2, 0) is 9.47 Å². The average Bonchev–Trinajstić information content (AvgIpc) is 2.16. The molecular formula is C12H24O5. The molecule has 1 heterocycles. The lowest BCUT2D eigenvalue weighted by molar-refractivity contribution is -0.319. The number of ether oxygens (including phenoxy) is 2. The van der Waals surface area contributed by atoms with Crippen LogP contribution in [0.25, 0.3) is 0 Å². The summed E-state index contributed by atoms with van der Waals surface area (Å²) in [5.74, 6) is 0. The van der Waals surface area contributed by atoms with E-state index in [0.29, 0.717) is 0 Å². The molecule has 1 rings (SSSR count). The van der Waals surface area contributed by atoms with Gasteiger partial charge in [0.05, 0.1) is 12.2 Å². The lowest BCUT2D eigenvalue weighted by Gasteiger charge is -2.45. The van der Waals surface area contributed by atoms with E-state index in [9.17, 15) is 15.3 Å². The van der Waals surface area contributed by atoms with Crippen molar-refractivity contribution < 1.29 is 24.8 Å². The molecule has 0 bridgehead atoms. The van der Waals surface area contributed by atoms with Gasteiger partial charge in [0.25, 0.3) is 0 Å². The Morgan fingerprint density at radius 2 is 1.53 bits per heavy atom. The van der Waals surface area contributed by atoms with E-state index >= 15 is 0 Å². The van der Waals surface area contributed by atoms with Gasteiger partial charge >= 0.3 is 0 Å². The predicted molar refractivity (Wildman–Crippen MR) is 62.4 cm³/mol. The number of hydrogen-bond donors (Lipinski definition) is 3. The van der Waals surface area contributed by atoms with Gasteiger partial charge in [-0.3, -0.25) is 0 Å². The fourth-order valence-corrected chi connectivity index (χ4v) is 1.94. The van der Waals surface area contributed by atoms with Crippen LogP contribution in [-0.4, -0.2) is 52.1 Å². The number of aliphatic hydroxyl groups is 3. The maximum Gasteiger partial charge on any atom is 0.186 e. The minimum Gasteiger partial charge on any atom is -0.388 e. The Kier molecular flexibility index (Phi) is 4.54. The second kappa shape index (κ2) is 5.20. The van der Waals surface area contributed by atoms with Gasteiger partial charge in [0.15, 0.2) is 6.29 Å². The first-order chi connectivity index (χ1) is 7.64. The largest absolute Gasteiger partial charge is 0.388 e. The van der Waals surface area contributed by atoms with Crippen LogP contribution in [0, 0.1) is 5.41 Å². The van der Waals surface area contributed by atoms with E-state index in [1.807, 2.05) is 34.6 Å². The molecule has 0 saturated carbocycles. The lowest BCUT2D eigenvalue weighted by Crippen LogP contribution is -2.61. The molecule has 0 amide bonds. The van der Waals surface area contributed by atoms with Crippen LogP contribution < -0.4 is 0 Å². The monoisotopic (exact) mass is 248 g/mol. The molecule has 5 nitrogen and oxygen atoms in total. The zero-order valence-corrected chi connectivity index (χ0v) is 11.1. The fraction of sp³-hybridized carbons (Fsp3) is 1.00. The van der Waals surface area contributed by atoms with Crippen molar-refractivity contribution in [1.82, 2.24) is 0 Å². The van der Waals surface area contributed by atoms with Crippen LogP contribution in [0.4, 0.5) is 0 Å². The van der Waals surface area contributed by atoms with Crippen LogP contribution >= 0.6 is 0 Å². The van der Waals surface area contributed by atoms with Gasteiger partial charge in [0.1, 0.15) is 18.3 Å². The normalized spacial score (nSPS) is 39.7. The van der Waals surface area contributed by atoms with Gasteiger partial charge in [0.2, 0.25) is 0 Å². The Morgan fingerprint density at radius 1 is 1.00 bits per heavy atom. The zero-order valence-electron chi connectivity index (χ0n) is 11.1. The summed E-state index contributed by atoms with van der Waals surface area (Å²) in [6, 6.07) is 0. The van der Waals surface area contributed by atoms with Crippen LogP contribution in [0.15, 0.2) is 0 Å². The van der Waals surface area contributed by atoms with Crippen molar-refractivity contribution in [1.29, 1.82) is 0 Å². The minimum absolute atomic E-state index is 0.127. The van der Waals surface area contributed by atoms with E-state index in [0.717, 1.165) is 0 Å². The molecule has 0 aliphatic carbocycles. The third-order valence-electron chi connectivity index (χ3n) is 2.83. The van der Waals surface area contributed by atoms with Gasteiger partial charge in [-0.15, -0.1) is 0 Å². The highest BCUT2D eigenvalue weighted by atomic mass is 16.7. The summed E-state index contributed by atoms with van der Waals surface area (Å²) in [6.07, 6.45) is -5.21. The van der Waals surface area contributed by atoms with Crippen LogP contribution in [0.3, 0.4) is 0 Å². The lowest BCUT2D eigenvalue weighted by atomic mass is 9.81. The van der Waals surface area contributed by atoms with Gasteiger partial charge in [-0.05, 0) is 19.3 Å². The van der Waals surface area contributed by atoms with E-state index in [1.54, 1.807) is 0 Å². The topological polar surface area (TPSA) is 79.2 Å². The summed E-state index contributed by atoms with van der Waals surface area (Å²) in [5, 5.41) is 29.5. The second-order valence-corrected chi connectivity index (χ2v) is 5.95. The highest BCUT2D eigenvalue weighted by Gasteiger charge is 2.48. The molecule has 0 spiro atoms. The van der Waals surface area contributed by atoms with Crippen molar-refractivity contribution >= 4 is 0 Å². The highest BCUT2D eigenvalue weighted by Crippen LogP contribution is 2.33. The molecule has 1 aliphatic rings. The second-order valence-electron chi connectivity index (χ2n) is 5.95. The van der Waals surface area contributed by atoms with Gasteiger partial charge in [-0.2, -0.15) is 0 Å². The molecule has 5 heteroatoms. The first-order valence-corrected chi connectivity index (χ1v) is 5.99. The summed E-state index contributed by atoms with van der Waals surface area (Å²) < 4.78 is 11.0. The fourth-order valence-electron chi connectivity index (χ4n) is 1.94. The summed E-state index contributed by atoms with van der Waals surface area (Å²) >= 11 is 0. The number of aliphatic hydroxyl groups excluding tert-OH is 3. The van der Waals surface area contributed by atoms with E-state index < -0.39 is 30.7 Å². The molecule has 0 aromatic carbocycles.